The number of anilines is 1. The van der Waals surface area contributed by atoms with Crippen molar-refractivity contribution < 1.29 is 18.7 Å². The van der Waals surface area contributed by atoms with E-state index in [4.69, 9.17) is 4.74 Å². The van der Waals surface area contributed by atoms with Crippen LogP contribution in [0, 0.1) is 5.82 Å². The molecular weight excluding hydrogens is 367 g/mol. The number of hydrogen-bond donors (Lipinski definition) is 2. The molecule has 7 heteroatoms. The van der Waals surface area contributed by atoms with Gasteiger partial charge in [0.05, 0.1) is 18.1 Å². The average Bonchev–Trinajstić information content (AvgIpc) is 2.67. The summed E-state index contributed by atoms with van der Waals surface area (Å²) in [5, 5.41) is 5.48. The van der Waals surface area contributed by atoms with Crippen LogP contribution in [-0.4, -0.2) is 29.9 Å². The summed E-state index contributed by atoms with van der Waals surface area (Å²) < 4.78 is 18.2. The molecule has 5 nitrogen and oxygen atoms in total. The van der Waals surface area contributed by atoms with Gasteiger partial charge in [0, 0.05) is 18.8 Å². The number of amides is 2. The summed E-state index contributed by atoms with van der Waals surface area (Å²) in [6.45, 7) is 3.65. The Kier molecular flexibility index (Phi) is 8.80. The maximum Gasteiger partial charge on any atom is 0.234 e. The Morgan fingerprint density at radius 1 is 0.963 bits per heavy atom. The summed E-state index contributed by atoms with van der Waals surface area (Å²) in [6, 6.07) is 13.4. The fourth-order valence-electron chi connectivity index (χ4n) is 2.19. The van der Waals surface area contributed by atoms with Gasteiger partial charge in [0.1, 0.15) is 5.82 Å². The van der Waals surface area contributed by atoms with Gasteiger partial charge in [-0.2, -0.15) is 0 Å². The van der Waals surface area contributed by atoms with E-state index in [-0.39, 0.29) is 29.1 Å². The Morgan fingerprint density at radius 2 is 1.59 bits per heavy atom. The molecule has 0 saturated heterocycles. The molecule has 0 aliphatic heterocycles. The lowest BCUT2D eigenvalue weighted by molar-refractivity contribution is -0.118. The SMILES string of the molecule is CCOCc1ccc(CNC(=O)CSCC(=O)Nc2ccc(F)cc2)cc1. The van der Waals surface area contributed by atoms with Crippen molar-refractivity contribution in [2.24, 2.45) is 0 Å². The third-order valence-electron chi connectivity index (χ3n) is 3.58. The first-order valence-corrected chi connectivity index (χ1v) is 9.77. The van der Waals surface area contributed by atoms with Gasteiger partial charge in [0.2, 0.25) is 11.8 Å². The lowest BCUT2D eigenvalue weighted by atomic mass is 10.1. The van der Waals surface area contributed by atoms with Crippen molar-refractivity contribution in [1.29, 1.82) is 0 Å². The van der Waals surface area contributed by atoms with E-state index in [1.807, 2.05) is 31.2 Å². The number of hydrogen-bond acceptors (Lipinski definition) is 4. The first kappa shape index (κ1) is 20.9. The van der Waals surface area contributed by atoms with Crippen molar-refractivity contribution >= 4 is 29.3 Å². The van der Waals surface area contributed by atoms with Crippen LogP contribution in [0.1, 0.15) is 18.1 Å². The minimum Gasteiger partial charge on any atom is -0.377 e. The molecule has 0 radical (unpaired) electrons. The van der Waals surface area contributed by atoms with Crippen LogP contribution in [0.15, 0.2) is 48.5 Å². The molecule has 0 fully saturated rings. The van der Waals surface area contributed by atoms with Gasteiger partial charge >= 0.3 is 0 Å². The van der Waals surface area contributed by atoms with Gasteiger partial charge in [-0.1, -0.05) is 24.3 Å². The van der Waals surface area contributed by atoms with E-state index in [1.54, 1.807) is 0 Å². The highest BCUT2D eigenvalue weighted by molar-refractivity contribution is 8.00. The second-order valence-corrected chi connectivity index (χ2v) is 6.76. The van der Waals surface area contributed by atoms with Crippen LogP contribution in [0.3, 0.4) is 0 Å². The second-order valence-electron chi connectivity index (χ2n) is 5.78. The number of halogens is 1. The first-order chi connectivity index (χ1) is 13.1. The number of carbonyl (C=O) groups is 2. The van der Waals surface area contributed by atoms with Crippen molar-refractivity contribution in [1.82, 2.24) is 5.32 Å². The lowest BCUT2D eigenvalue weighted by Gasteiger charge is -2.07. The third-order valence-corrected chi connectivity index (χ3v) is 4.51. The predicted molar refractivity (Wildman–Crippen MR) is 106 cm³/mol. The summed E-state index contributed by atoms with van der Waals surface area (Å²) in [5.74, 6) is -0.379. The molecule has 2 amide bonds. The summed E-state index contributed by atoms with van der Waals surface area (Å²) in [4.78, 5) is 23.7. The quantitative estimate of drug-likeness (QED) is 0.653. The number of carbonyl (C=O) groups excluding carboxylic acids is 2. The van der Waals surface area contributed by atoms with Gasteiger partial charge in [-0.05, 0) is 42.3 Å². The minimum atomic E-state index is -0.358. The molecule has 27 heavy (non-hydrogen) atoms. The smallest absolute Gasteiger partial charge is 0.234 e. The molecule has 0 spiro atoms. The zero-order valence-corrected chi connectivity index (χ0v) is 16.0. The number of nitrogens with one attached hydrogen (secondary N) is 2. The first-order valence-electron chi connectivity index (χ1n) is 8.62. The molecule has 0 aromatic heterocycles. The molecule has 0 unspecified atom stereocenters. The molecule has 0 aliphatic carbocycles. The van der Waals surface area contributed by atoms with Crippen LogP contribution in [0.5, 0.6) is 0 Å². The maximum atomic E-state index is 12.8. The molecule has 0 aliphatic rings. The Labute approximate surface area is 162 Å². The van der Waals surface area contributed by atoms with E-state index in [2.05, 4.69) is 10.6 Å². The summed E-state index contributed by atoms with van der Waals surface area (Å²) in [6.07, 6.45) is 0. The van der Waals surface area contributed by atoms with Gasteiger partial charge in [0.15, 0.2) is 0 Å². The third kappa shape index (κ3) is 8.23. The van der Waals surface area contributed by atoms with Crippen LogP contribution < -0.4 is 10.6 Å². The highest BCUT2D eigenvalue weighted by atomic mass is 32.2. The summed E-state index contributed by atoms with van der Waals surface area (Å²) in [7, 11) is 0. The molecule has 2 N–H and O–H groups in total. The zero-order valence-electron chi connectivity index (χ0n) is 15.2. The molecule has 0 bridgehead atoms. The van der Waals surface area contributed by atoms with Gasteiger partial charge < -0.3 is 15.4 Å². The van der Waals surface area contributed by atoms with Gasteiger partial charge in [-0.25, -0.2) is 4.39 Å². The molecule has 2 aromatic rings. The highest BCUT2D eigenvalue weighted by Gasteiger charge is 2.06. The molecular formula is C20H23FN2O3S. The standard InChI is InChI=1S/C20H23FN2O3S/c1-2-26-12-16-5-3-15(4-6-16)11-22-19(24)13-27-14-20(25)23-18-9-7-17(21)8-10-18/h3-10H,2,11-14H2,1H3,(H,22,24)(H,23,25). The van der Waals surface area contributed by atoms with E-state index in [9.17, 15) is 14.0 Å². The monoisotopic (exact) mass is 390 g/mol. The van der Waals surface area contributed by atoms with Gasteiger partial charge in [-0.15, -0.1) is 11.8 Å². The van der Waals surface area contributed by atoms with Crippen molar-refractivity contribution in [3.8, 4) is 0 Å². The highest BCUT2D eigenvalue weighted by Crippen LogP contribution is 2.10. The number of benzene rings is 2. The molecule has 0 heterocycles. The van der Waals surface area contributed by atoms with E-state index < -0.39 is 0 Å². The number of ether oxygens (including phenoxy) is 1. The van der Waals surface area contributed by atoms with Crippen LogP contribution in [0.2, 0.25) is 0 Å². The Balaban J connectivity index is 1.62. The number of rotatable bonds is 10. The van der Waals surface area contributed by atoms with E-state index >= 15 is 0 Å². The fraction of sp³-hybridized carbons (Fsp3) is 0.300. The zero-order chi connectivity index (χ0) is 19.5. The normalized spacial score (nSPS) is 10.4. The van der Waals surface area contributed by atoms with Crippen molar-refractivity contribution in [2.75, 3.05) is 23.4 Å². The van der Waals surface area contributed by atoms with Crippen molar-refractivity contribution in [3.63, 3.8) is 0 Å². The lowest BCUT2D eigenvalue weighted by Crippen LogP contribution is -2.25. The molecule has 2 aromatic carbocycles. The fourth-order valence-corrected chi connectivity index (χ4v) is 2.84. The van der Waals surface area contributed by atoms with Crippen LogP contribution in [0.4, 0.5) is 10.1 Å². The maximum absolute atomic E-state index is 12.8. The number of thioether (sulfide) groups is 1. The van der Waals surface area contributed by atoms with Crippen molar-refractivity contribution in [3.05, 3.63) is 65.5 Å². The van der Waals surface area contributed by atoms with E-state index in [0.717, 1.165) is 11.1 Å². The second kappa shape index (κ2) is 11.4. The summed E-state index contributed by atoms with van der Waals surface area (Å²) >= 11 is 1.22. The molecule has 144 valence electrons. The average molecular weight is 390 g/mol. The molecule has 0 atom stereocenters. The van der Waals surface area contributed by atoms with Gasteiger partial charge in [-0.3, -0.25) is 9.59 Å². The topological polar surface area (TPSA) is 67.4 Å². The largest absolute Gasteiger partial charge is 0.377 e. The van der Waals surface area contributed by atoms with Crippen LogP contribution in [0.25, 0.3) is 0 Å². The van der Waals surface area contributed by atoms with Crippen LogP contribution >= 0.6 is 11.8 Å². The van der Waals surface area contributed by atoms with E-state index in [1.165, 1.54) is 36.0 Å². The Morgan fingerprint density at radius 3 is 2.26 bits per heavy atom. The molecule has 0 saturated carbocycles. The van der Waals surface area contributed by atoms with Gasteiger partial charge in [0.25, 0.3) is 0 Å². The molecule has 2 rings (SSSR count). The summed E-state index contributed by atoms with van der Waals surface area (Å²) in [5.41, 5.74) is 2.62. The van der Waals surface area contributed by atoms with Crippen LogP contribution in [-0.2, 0) is 27.5 Å². The predicted octanol–water partition coefficient (Wildman–Crippen LogP) is 3.35. The van der Waals surface area contributed by atoms with E-state index in [0.29, 0.717) is 25.4 Å². The Hall–Kier alpha value is -2.38. The minimum absolute atomic E-state index is 0.132. The van der Waals surface area contributed by atoms with Crippen molar-refractivity contribution in [2.45, 2.75) is 20.1 Å². The Bertz CT molecular complexity index is 736.